The first kappa shape index (κ1) is 26.1. The molecule has 41 heavy (non-hydrogen) atoms. The zero-order chi connectivity index (χ0) is 27.6. The molecule has 4 heterocycles. The molecule has 0 bridgehead atoms. The first-order chi connectivity index (χ1) is 20.2. The number of nitrogens with zero attached hydrogens (tertiary/aromatic N) is 3. The van der Waals surface area contributed by atoms with Crippen LogP contribution in [0.3, 0.4) is 0 Å². The monoisotopic (exact) mass is 553 g/mol. The third-order valence-corrected chi connectivity index (χ3v) is 7.85. The van der Waals surface area contributed by atoms with Crippen molar-refractivity contribution in [1.29, 1.82) is 0 Å². The molecule has 210 valence electrons. The summed E-state index contributed by atoms with van der Waals surface area (Å²) in [5.41, 5.74) is 1.75. The number of aromatic nitrogens is 2. The molecular weight excluding hydrogens is 522 g/mol. The predicted molar refractivity (Wildman–Crippen MR) is 149 cm³/mol. The van der Waals surface area contributed by atoms with Gasteiger partial charge in [0, 0.05) is 25.4 Å². The molecule has 7 rings (SSSR count). The molecule has 0 saturated carbocycles. The fraction of sp³-hybridized carbons (Fsp3) is 0.312. The Morgan fingerprint density at radius 1 is 0.829 bits per heavy atom. The lowest BCUT2D eigenvalue weighted by molar-refractivity contribution is -0.249. The minimum Gasteiger partial charge on any atom is -0.453 e. The number of ether oxygens (including phenoxy) is 4. The average Bonchev–Trinajstić information content (AvgIpc) is 3.55. The van der Waals surface area contributed by atoms with Crippen molar-refractivity contribution >= 4 is 0 Å². The van der Waals surface area contributed by atoms with Crippen LogP contribution in [0.5, 0.6) is 6.01 Å². The Morgan fingerprint density at radius 3 is 2.00 bits per heavy atom. The van der Waals surface area contributed by atoms with Gasteiger partial charge in [0.2, 0.25) is 0 Å². The summed E-state index contributed by atoms with van der Waals surface area (Å²) >= 11 is 0. The Bertz CT molecular complexity index is 1410. The van der Waals surface area contributed by atoms with Gasteiger partial charge in [-0.15, -0.1) is 0 Å². The molecular formula is C32H31N3O6. The molecule has 0 N–H and O–H groups in total. The maximum absolute atomic E-state index is 11.9. The van der Waals surface area contributed by atoms with E-state index < -0.39 is 30.1 Å². The largest absolute Gasteiger partial charge is 0.453 e. The molecule has 3 aromatic carbocycles. The highest BCUT2D eigenvalue weighted by Gasteiger charge is 2.54. The molecule has 0 aliphatic carbocycles. The molecule has 0 spiro atoms. The van der Waals surface area contributed by atoms with E-state index in [0.717, 1.165) is 16.7 Å². The van der Waals surface area contributed by atoms with Crippen LogP contribution in [0.4, 0.5) is 0 Å². The van der Waals surface area contributed by atoms with Crippen molar-refractivity contribution in [2.45, 2.75) is 30.1 Å². The van der Waals surface area contributed by atoms with Gasteiger partial charge in [-0.1, -0.05) is 91.0 Å². The summed E-state index contributed by atoms with van der Waals surface area (Å²) in [5, 5.41) is 1.90. The van der Waals surface area contributed by atoms with Crippen LogP contribution in [0.2, 0.25) is 0 Å². The van der Waals surface area contributed by atoms with Crippen LogP contribution in [-0.4, -0.2) is 65.8 Å². The van der Waals surface area contributed by atoms with E-state index in [0.29, 0.717) is 26.3 Å². The van der Waals surface area contributed by atoms with Crippen LogP contribution in [0.1, 0.15) is 22.9 Å². The Balaban J connectivity index is 1.26. The predicted octanol–water partition coefficient (Wildman–Crippen LogP) is 3.54. The van der Waals surface area contributed by atoms with Crippen molar-refractivity contribution in [3.8, 4) is 6.01 Å². The summed E-state index contributed by atoms with van der Waals surface area (Å²) in [7, 11) is 0. The zero-order valence-corrected chi connectivity index (χ0v) is 22.5. The van der Waals surface area contributed by atoms with Gasteiger partial charge >= 0.3 is 6.01 Å². The second-order valence-corrected chi connectivity index (χ2v) is 10.3. The fourth-order valence-corrected chi connectivity index (χ4v) is 5.92. The molecule has 4 atom stereocenters. The van der Waals surface area contributed by atoms with Crippen LogP contribution in [0.25, 0.3) is 0 Å². The summed E-state index contributed by atoms with van der Waals surface area (Å²) in [6.07, 6.45) is -0.324. The molecule has 0 unspecified atom stereocenters. The molecule has 9 heteroatoms. The van der Waals surface area contributed by atoms with Gasteiger partial charge in [-0.05, 0) is 16.7 Å². The van der Waals surface area contributed by atoms with Crippen molar-refractivity contribution in [2.75, 3.05) is 32.9 Å². The summed E-state index contributed by atoms with van der Waals surface area (Å²) < 4.78 is 27.1. The molecule has 2 fully saturated rings. The standard InChI is InChI=1S/C32H31N3O6/c36-27-16-17-35-30-29(40-31(35)33-27)28(41-34-18-20-37-21-19-34)26(39-30)22-38-32(23-10-4-1-5-11-23,24-12-6-2-7-13-24)25-14-8-3-9-15-25/h1-17,26,28-30H,18-22H2/t26-,28-,29+,30-/m1/s1. The van der Waals surface area contributed by atoms with E-state index in [1.807, 2.05) is 59.7 Å². The Kier molecular flexibility index (Phi) is 7.12. The molecule has 0 radical (unpaired) electrons. The minimum atomic E-state index is -0.903. The van der Waals surface area contributed by atoms with Gasteiger partial charge in [0.25, 0.3) is 5.56 Å². The van der Waals surface area contributed by atoms with E-state index in [1.165, 1.54) is 6.07 Å². The smallest absolute Gasteiger partial charge is 0.302 e. The zero-order valence-electron chi connectivity index (χ0n) is 22.5. The van der Waals surface area contributed by atoms with E-state index in [1.54, 1.807) is 10.8 Å². The molecule has 9 nitrogen and oxygen atoms in total. The van der Waals surface area contributed by atoms with Gasteiger partial charge in [0.1, 0.15) is 17.8 Å². The lowest BCUT2D eigenvalue weighted by Gasteiger charge is -2.37. The highest BCUT2D eigenvalue weighted by Crippen LogP contribution is 2.44. The van der Waals surface area contributed by atoms with Gasteiger partial charge in [-0.3, -0.25) is 14.2 Å². The minimum absolute atomic E-state index is 0.215. The van der Waals surface area contributed by atoms with Crippen molar-refractivity contribution in [1.82, 2.24) is 14.6 Å². The average molecular weight is 554 g/mol. The maximum Gasteiger partial charge on any atom is 0.302 e. The van der Waals surface area contributed by atoms with E-state index in [2.05, 4.69) is 41.4 Å². The second kappa shape index (κ2) is 11.2. The van der Waals surface area contributed by atoms with E-state index in [-0.39, 0.29) is 18.2 Å². The van der Waals surface area contributed by atoms with E-state index in [4.69, 9.17) is 23.8 Å². The highest BCUT2D eigenvalue weighted by molar-refractivity contribution is 5.47. The first-order valence-corrected chi connectivity index (χ1v) is 13.9. The van der Waals surface area contributed by atoms with E-state index >= 15 is 0 Å². The van der Waals surface area contributed by atoms with Gasteiger partial charge in [0.05, 0.1) is 19.8 Å². The van der Waals surface area contributed by atoms with Crippen molar-refractivity contribution in [2.24, 2.45) is 0 Å². The first-order valence-electron chi connectivity index (χ1n) is 13.9. The number of morpholine rings is 1. The third-order valence-electron chi connectivity index (χ3n) is 7.85. The molecule has 1 aromatic heterocycles. The van der Waals surface area contributed by atoms with Crippen molar-refractivity contribution in [3.63, 3.8) is 0 Å². The van der Waals surface area contributed by atoms with Crippen LogP contribution < -0.4 is 10.3 Å². The lowest BCUT2D eigenvalue weighted by Crippen LogP contribution is -2.47. The molecule has 2 saturated heterocycles. The van der Waals surface area contributed by atoms with Gasteiger partial charge in [-0.2, -0.15) is 10.0 Å². The van der Waals surface area contributed by atoms with Crippen LogP contribution >= 0.6 is 0 Å². The van der Waals surface area contributed by atoms with Crippen LogP contribution in [0, 0.1) is 0 Å². The number of hydroxylamine groups is 2. The molecule has 3 aliphatic rings. The van der Waals surface area contributed by atoms with Gasteiger partial charge in [-0.25, -0.2) is 0 Å². The molecule has 4 aromatic rings. The van der Waals surface area contributed by atoms with Gasteiger partial charge in [0.15, 0.2) is 12.3 Å². The number of rotatable bonds is 8. The number of hydrogen-bond donors (Lipinski definition) is 0. The SMILES string of the molecule is O=c1ccn2c(n1)O[C@H]1[C@H](ON3CCOCC3)[C@@H](COC(c3ccccc3)(c3ccccc3)c3ccccc3)O[C@H]12. The molecule has 0 amide bonds. The summed E-state index contributed by atoms with van der Waals surface area (Å²) in [6, 6.07) is 32.4. The fourth-order valence-electron chi connectivity index (χ4n) is 5.92. The molecule has 3 aliphatic heterocycles. The summed E-state index contributed by atoms with van der Waals surface area (Å²) in [5.74, 6) is 0. The lowest BCUT2D eigenvalue weighted by atomic mass is 9.80. The second-order valence-electron chi connectivity index (χ2n) is 10.3. The number of benzene rings is 3. The maximum atomic E-state index is 11.9. The number of fused-ring (bicyclic) bond motifs is 3. The van der Waals surface area contributed by atoms with Crippen LogP contribution in [-0.2, 0) is 24.6 Å². The number of hydrogen-bond acceptors (Lipinski definition) is 8. The topological polar surface area (TPSA) is 84.3 Å². The van der Waals surface area contributed by atoms with Crippen molar-refractivity contribution < 1.29 is 23.8 Å². The van der Waals surface area contributed by atoms with Crippen molar-refractivity contribution in [3.05, 3.63) is 130 Å². The third kappa shape index (κ3) is 4.86. The Hall–Kier alpha value is -3.86. The normalized spacial score (nSPS) is 24.0. The Labute approximate surface area is 237 Å². The van der Waals surface area contributed by atoms with Gasteiger partial charge < -0.3 is 18.9 Å². The van der Waals surface area contributed by atoms with Crippen LogP contribution in [0.15, 0.2) is 108 Å². The Morgan fingerprint density at radius 2 is 1.41 bits per heavy atom. The summed E-state index contributed by atoms with van der Waals surface area (Å²) in [6.45, 7) is 2.64. The summed E-state index contributed by atoms with van der Waals surface area (Å²) in [4.78, 5) is 22.5. The van der Waals surface area contributed by atoms with E-state index in [9.17, 15) is 4.79 Å². The quantitative estimate of drug-likeness (QED) is 0.307. The highest BCUT2D eigenvalue weighted by atomic mass is 16.7.